The van der Waals surface area contributed by atoms with Crippen LogP contribution in [0, 0.1) is 13.8 Å². The highest BCUT2D eigenvalue weighted by Gasteiger charge is 1.96. The van der Waals surface area contributed by atoms with Gasteiger partial charge >= 0.3 is 0 Å². The standard InChI is InChI=1S/C14H24N2/c1-12-8-13(2)10-14(9-12)11-15-6-5-7-16(3)4/h8-10,15H,5-7,11H2,1-4H3. The second-order valence-electron chi connectivity index (χ2n) is 4.83. The van der Waals surface area contributed by atoms with Crippen LogP contribution in [0.15, 0.2) is 18.2 Å². The zero-order chi connectivity index (χ0) is 12.0. The first kappa shape index (κ1) is 13.2. The van der Waals surface area contributed by atoms with Crippen LogP contribution in [-0.2, 0) is 6.54 Å². The molecule has 0 atom stereocenters. The molecule has 0 heterocycles. The number of nitrogens with zero attached hydrogens (tertiary/aromatic N) is 1. The summed E-state index contributed by atoms with van der Waals surface area (Å²) in [6, 6.07) is 6.73. The van der Waals surface area contributed by atoms with Crippen molar-refractivity contribution in [2.24, 2.45) is 0 Å². The maximum atomic E-state index is 3.48. The highest BCUT2D eigenvalue weighted by atomic mass is 15.0. The minimum atomic E-state index is 0.982. The summed E-state index contributed by atoms with van der Waals surface area (Å²) < 4.78 is 0. The van der Waals surface area contributed by atoms with Crippen molar-refractivity contribution in [3.05, 3.63) is 34.9 Å². The van der Waals surface area contributed by atoms with E-state index in [1.54, 1.807) is 0 Å². The maximum absolute atomic E-state index is 3.48. The van der Waals surface area contributed by atoms with Crippen molar-refractivity contribution >= 4 is 0 Å². The molecule has 1 aromatic rings. The minimum absolute atomic E-state index is 0.982. The monoisotopic (exact) mass is 220 g/mol. The Labute approximate surface area is 99.7 Å². The van der Waals surface area contributed by atoms with Gasteiger partial charge in [0.15, 0.2) is 0 Å². The number of hydrogen-bond donors (Lipinski definition) is 1. The molecule has 0 aliphatic rings. The van der Waals surface area contributed by atoms with Gasteiger partial charge in [-0.05, 0) is 53.0 Å². The molecule has 0 spiro atoms. The van der Waals surface area contributed by atoms with E-state index in [1.807, 2.05) is 0 Å². The Bertz CT molecular complexity index is 298. The number of aryl methyl sites for hydroxylation is 2. The van der Waals surface area contributed by atoms with Crippen LogP contribution < -0.4 is 5.32 Å². The molecule has 90 valence electrons. The van der Waals surface area contributed by atoms with Gasteiger partial charge in [0.05, 0.1) is 0 Å². The minimum Gasteiger partial charge on any atom is -0.313 e. The SMILES string of the molecule is Cc1cc(C)cc(CNCCCN(C)C)c1. The molecule has 2 heteroatoms. The lowest BCUT2D eigenvalue weighted by Gasteiger charge is -2.10. The Kier molecular flexibility index (Phi) is 5.50. The molecule has 1 N–H and O–H groups in total. The van der Waals surface area contributed by atoms with Gasteiger partial charge in [0.25, 0.3) is 0 Å². The number of hydrogen-bond acceptors (Lipinski definition) is 2. The molecule has 2 nitrogen and oxygen atoms in total. The summed E-state index contributed by atoms with van der Waals surface area (Å²) in [7, 11) is 4.23. The van der Waals surface area contributed by atoms with E-state index in [0.717, 1.165) is 19.6 Å². The summed E-state index contributed by atoms with van der Waals surface area (Å²) in [5.41, 5.74) is 4.09. The quantitative estimate of drug-likeness (QED) is 0.740. The molecule has 0 radical (unpaired) electrons. The number of rotatable bonds is 6. The van der Waals surface area contributed by atoms with E-state index in [-0.39, 0.29) is 0 Å². The predicted octanol–water partition coefficient (Wildman–Crippen LogP) is 2.34. The summed E-state index contributed by atoms with van der Waals surface area (Å²) >= 11 is 0. The van der Waals surface area contributed by atoms with Crippen LogP contribution in [0.2, 0.25) is 0 Å². The molecular formula is C14H24N2. The molecule has 0 bridgehead atoms. The lowest BCUT2D eigenvalue weighted by Crippen LogP contribution is -2.21. The van der Waals surface area contributed by atoms with Crippen LogP contribution in [0.5, 0.6) is 0 Å². The first-order valence-electron chi connectivity index (χ1n) is 6.00. The lowest BCUT2D eigenvalue weighted by molar-refractivity contribution is 0.394. The molecule has 0 saturated carbocycles. The molecule has 0 aliphatic carbocycles. The number of benzene rings is 1. The van der Waals surface area contributed by atoms with Gasteiger partial charge in [-0.2, -0.15) is 0 Å². The Morgan fingerprint density at radius 2 is 1.69 bits per heavy atom. The third kappa shape index (κ3) is 5.29. The average Bonchev–Trinajstić information content (AvgIpc) is 2.15. The van der Waals surface area contributed by atoms with Crippen LogP contribution in [-0.4, -0.2) is 32.1 Å². The van der Waals surface area contributed by atoms with Crippen molar-refractivity contribution in [1.82, 2.24) is 10.2 Å². The summed E-state index contributed by atoms with van der Waals surface area (Å²) in [4.78, 5) is 2.22. The van der Waals surface area contributed by atoms with Crippen LogP contribution in [0.4, 0.5) is 0 Å². The largest absolute Gasteiger partial charge is 0.313 e. The molecule has 0 unspecified atom stereocenters. The third-order valence-electron chi connectivity index (χ3n) is 2.57. The molecule has 0 saturated heterocycles. The zero-order valence-corrected chi connectivity index (χ0v) is 11.0. The van der Waals surface area contributed by atoms with Crippen molar-refractivity contribution in [3.8, 4) is 0 Å². The van der Waals surface area contributed by atoms with Gasteiger partial charge in [-0.25, -0.2) is 0 Å². The Morgan fingerprint density at radius 1 is 1.06 bits per heavy atom. The van der Waals surface area contributed by atoms with Crippen LogP contribution in [0.1, 0.15) is 23.1 Å². The van der Waals surface area contributed by atoms with E-state index < -0.39 is 0 Å². The summed E-state index contributed by atoms with van der Waals surface area (Å²) in [5, 5.41) is 3.48. The van der Waals surface area contributed by atoms with Crippen molar-refractivity contribution < 1.29 is 0 Å². The summed E-state index contributed by atoms with van der Waals surface area (Å²) in [5.74, 6) is 0. The molecular weight excluding hydrogens is 196 g/mol. The fraction of sp³-hybridized carbons (Fsp3) is 0.571. The fourth-order valence-electron chi connectivity index (χ4n) is 1.92. The smallest absolute Gasteiger partial charge is 0.0205 e. The lowest BCUT2D eigenvalue weighted by atomic mass is 10.1. The van der Waals surface area contributed by atoms with Gasteiger partial charge in [0, 0.05) is 6.54 Å². The van der Waals surface area contributed by atoms with E-state index in [2.05, 4.69) is 56.4 Å². The highest BCUT2D eigenvalue weighted by molar-refractivity contribution is 5.28. The second-order valence-corrected chi connectivity index (χ2v) is 4.83. The first-order valence-corrected chi connectivity index (χ1v) is 6.00. The Hall–Kier alpha value is -0.860. The van der Waals surface area contributed by atoms with Gasteiger partial charge in [0.1, 0.15) is 0 Å². The van der Waals surface area contributed by atoms with Crippen molar-refractivity contribution in [2.45, 2.75) is 26.8 Å². The van der Waals surface area contributed by atoms with E-state index >= 15 is 0 Å². The van der Waals surface area contributed by atoms with E-state index in [4.69, 9.17) is 0 Å². The summed E-state index contributed by atoms with van der Waals surface area (Å²) in [6.07, 6.45) is 1.21. The first-order chi connectivity index (χ1) is 7.58. The Balaban J connectivity index is 2.26. The van der Waals surface area contributed by atoms with Crippen LogP contribution in [0.25, 0.3) is 0 Å². The van der Waals surface area contributed by atoms with Gasteiger partial charge in [0.2, 0.25) is 0 Å². The number of nitrogens with one attached hydrogen (secondary N) is 1. The highest BCUT2D eigenvalue weighted by Crippen LogP contribution is 2.08. The van der Waals surface area contributed by atoms with Gasteiger partial charge in [-0.1, -0.05) is 29.3 Å². The van der Waals surface area contributed by atoms with E-state index in [9.17, 15) is 0 Å². The molecule has 0 fully saturated rings. The summed E-state index contributed by atoms with van der Waals surface area (Å²) in [6.45, 7) is 7.53. The Morgan fingerprint density at radius 3 is 2.25 bits per heavy atom. The topological polar surface area (TPSA) is 15.3 Å². The maximum Gasteiger partial charge on any atom is 0.0205 e. The third-order valence-corrected chi connectivity index (χ3v) is 2.57. The molecule has 1 rings (SSSR count). The van der Waals surface area contributed by atoms with Gasteiger partial charge < -0.3 is 10.2 Å². The molecule has 16 heavy (non-hydrogen) atoms. The van der Waals surface area contributed by atoms with E-state index in [1.165, 1.54) is 23.1 Å². The van der Waals surface area contributed by atoms with Gasteiger partial charge in [-0.3, -0.25) is 0 Å². The predicted molar refractivity (Wildman–Crippen MR) is 70.8 cm³/mol. The van der Waals surface area contributed by atoms with Crippen LogP contribution in [0.3, 0.4) is 0 Å². The fourth-order valence-corrected chi connectivity index (χ4v) is 1.92. The molecule has 0 aromatic heterocycles. The normalized spacial score (nSPS) is 11.1. The van der Waals surface area contributed by atoms with Crippen molar-refractivity contribution in [3.63, 3.8) is 0 Å². The van der Waals surface area contributed by atoms with Gasteiger partial charge in [-0.15, -0.1) is 0 Å². The molecule has 0 aliphatic heterocycles. The molecule has 0 amide bonds. The molecule has 1 aromatic carbocycles. The average molecular weight is 220 g/mol. The second kappa shape index (κ2) is 6.66. The van der Waals surface area contributed by atoms with Crippen LogP contribution >= 0.6 is 0 Å². The van der Waals surface area contributed by atoms with Crippen molar-refractivity contribution in [2.75, 3.05) is 27.2 Å². The van der Waals surface area contributed by atoms with E-state index in [0.29, 0.717) is 0 Å². The zero-order valence-electron chi connectivity index (χ0n) is 11.0. The van der Waals surface area contributed by atoms with Crippen molar-refractivity contribution in [1.29, 1.82) is 0 Å².